The molecular formula is C4H3O3-3. The minimum Gasteiger partial charge on any atom is -0.878 e. The molecule has 0 aromatic heterocycles. The van der Waals surface area contributed by atoms with E-state index in [0.29, 0.717) is 6.08 Å². The van der Waals surface area contributed by atoms with E-state index in [4.69, 9.17) is 0 Å². The molecule has 40 valence electrons. The third kappa shape index (κ3) is 2.69. The summed E-state index contributed by atoms with van der Waals surface area (Å²) in [6.07, 6.45) is 1.01. The van der Waals surface area contributed by atoms with E-state index in [1.54, 1.807) is 0 Å². The summed E-state index contributed by atoms with van der Waals surface area (Å²) in [6.45, 7) is 0. The molecule has 0 atom stereocenters. The zero-order valence-electron chi connectivity index (χ0n) is 3.46. The fourth-order valence-corrected chi connectivity index (χ4v) is 0.106. The van der Waals surface area contributed by atoms with Crippen molar-refractivity contribution in [2.24, 2.45) is 0 Å². The summed E-state index contributed by atoms with van der Waals surface area (Å²) in [4.78, 5) is 0. The highest BCUT2D eigenvalue weighted by Crippen LogP contribution is 1.74. The van der Waals surface area contributed by atoms with Crippen LogP contribution in [-0.2, 0) is 0 Å². The van der Waals surface area contributed by atoms with Crippen molar-refractivity contribution in [2.75, 3.05) is 0 Å². The van der Waals surface area contributed by atoms with Crippen molar-refractivity contribution in [3.8, 4) is 0 Å². The monoisotopic (exact) mass is 99.0 g/mol. The first-order valence-electron chi connectivity index (χ1n) is 1.59. The predicted octanol–water partition coefficient (Wildman–Crippen LogP) is -2.58. The van der Waals surface area contributed by atoms with Gasteiger partial charge in [0.05, 0.1) is 0 Å². The van der Waals surface area contributed by atoms with Crippen LogP contribution in [-0.4, -0.2) is 0 Å². The standard InChI is InChI=1S/C4H6O3/c5-2-1-4(7)3-6/h1-3,5-7H/p-3/b2-1+,4-3-. The smallest absolute Gasteiger partial charge is 0.0866 e. The lowest BCUT2D eigenvalue weighted by Gasteiger charge is -2.07. The Morgan fingerprint density at radius 1 is 1.29 bits per heavy atom. The zero-order chi connectivity index (χ0) is 5.70. The Balaban J connectivity index is 3.58. The summed E-state index contributed by atoms with van der Waals surface area (Å²) in [5.41, 5.74) is 0. The molecule has 7 heavy (non-hydrogen) atoms. The fraction of sp³-hybridized carbons (Fsp3) is 0. The SMILES string of the molecule is [O-]/C=C([O-])/C=C/[O-]. The van der Waals surface area contributed by atoms with Gasteiger partial charge in [-0.15, -0.1) is 12.0 Å². The van der Waals surface area contributed by atoms with E-state index in [-0.39, 0.29) is 12.5 Å². The van der Waals surface area contributed by atoms with Crippen LogP contribution in [0.4, 0.5) is 0 Å². The van der Waals surface area contributed by atoms with E-state index in [0.717, 1.165) is 0 Å². The van der Waals surface area contributed by atoms with Gasteiger partial charge in [-0.05, 0) is 0 Å². The Bertz CT molecular complexity index is 93.1. The molecule has 0 aromatic carbocycles. The molecule has 0 aliphatic carbocycles. The number of allylic oxidation sites excluding steroid dienone is 1. The van der Waals surface area contributed by atoms with Crippen molar-refractivity contribution in [3.63, 3.8) is 0 Å². The van der Waals surface area contributed by atoms with Gasteiger partial charge in [-0.3, -0.25) is 0 Å². The van der Waals surface area contributed by atoms with Gasteiger partial charge in [0.25, 0.3) is 0 Å². The first-order chi connectivity index (χ1) is 3.31. The molecular weight excluding hydrogens is 96.0 g/mol. The summed E-state index contributed by atoms with van der Waals surface area (Å²) in [5.74, 6) is -0.796. The minimum absolute atomic E-state index is 0.0778. The van der Waals surface area contributed by atoms with Crippen molar-refractivity contribution in [1.29, 1.82) is 0 Å². The van der Waals surface area contributed by atoms with Crippen LogP contribution >= 0.6 is 0 Å². The number of hydrogen-bond acceptors (Lipinski definition) is 3. The van der Waals surface area contributed by atoms with Crippen LogP contribution < -0.4 is 15.3 Å². The third-order valence-electron chi connectivity index (χ3n) is 0.348. The van der Waals surface area contributed by atoms with E-state index in [9.17, 15) is 15.3 Å². The van der Waals surface area contributed by atoms with Crippen LogP contribution in [0.1, 0.15) is 0 Å². The molecule has 0 saturated carbocycles. The quantitative estimate of drug-likeness (QED) is 0.268. The van der Waals surface area contributed by atoms with E-state index >= 15 is 0 Å². The van der Waals surface area contributed by atoms with Crippen molar-refractivity contribution in [2.45, 2.75) is 0 Å². The molecule has 0 aliphatic heterocycles. The van der Waals surface area contributed by atoms with Gasteiger partial charge in [0.1, 0.15) is 0 Å². The second kappa shape index (κ2) is 3.08. The van der Waals surface area contributed by atoms with E-state index < -0.39 is 5.76 Å². The van der Waals surface area contributed by atoms with Gasteiger partial charge in [-0.1, -0.05) is 6.08 Å². The lowest BCUT2D eigenvalue weighted by Crippen LogP contribution is -2.05. The molecule has 0 aromatic rings. The summed E-state index contributed by atoms with van der Waals surface area (Å²) in [6, 6.07) is 0. The van der Waals surface area contributed by atoms with Gasteiger partial charge < -0.3 is 15.3 Å². The van der Waals surface area contributed by atoms with Crippen molar-refractivity contribution >= 4 is 0 Å². The van der Waals surface area contributed by atoms with Gasteiger partial charge in [-0.25, -0.2) is 0 Å². The summed E-state index contributed by atoms with van der Waals surface area (Å²) >= 11 is 0. The molecule has 0 spiro atoms. The van der Waals surface area contributed by atoms with Gasteiger partial charge in [0.2, 0.25) is 0 Å². The van der Waals surface area contributed by atoms with Crippen molar-refractivity contribution in [3.05, 3.63) is 24.4 Å². The predicted molar refractivity (Wildman–Crippen MR) is 17.2 cm³/mol. The van der Waals surface area contributed by atoms with E-state index in [2.05, 4.69) is 0 Å². The fourth-order valence-electron chi connectivity index (χ4n) is 0.106. The van der Waals surface area contributed by atoms with Crippen molar-refractivity contribution in [1.82, 2.24) is 0 Å². The van der Waals surface area contributed by atoms with Gasteiger partial charge in [0.15, 0.2) is 0 Å². The van der Waals surface area contributed by atoms with Gasteiger partial charge in [-0.2, -0.15) is 6.26 Å². The van der Waals surface area contributed by atoms with Crippen LogP contribution in [0.5, 0.6) is 0 Å². The average molecular weight is 99.1 g/mol. The van der Waals surface area contributed by atoms with Crippen LogP contribution in [0.25, 0.3) is 0 Å². The Hall–Kier alpha value is -1.12. The first-order valence-corrected chi connectivity index (χ1v) is 1.59. The molecule has 0 bridgehead atoms. The van der Waals surface area contributed by atoms with Crippen molar-refractivity contribution < 1.29 is 15.3 Å². The topological polar surface area (TPSA) is 69.2 Å². The first kappa shape index (κ1) is 5.88. The normalized spacial score (nSPS) is 12.9. The molecule has 0 amide bonds. The molecule has 0 aliphatic rings. The molecule has 3 nitrogen and oxygen atoms in total. The van der Waals surface area contributed by atoms with Crippen LogP contribution in [0.3, 0.4) is 0 Å². The lowest BCUT2D eigenvalue weighted by atomic mass is 10.5. The summed E-state index contributed by atoms with van der Waals surface area (Å²) in [7, 11) is 0. The summed E-state index contributed by atoms with van der Waals surface area (Å²) < 4.78 is 0. The van der Waals surface area contributed by atoms with E-state index in [1.807, 2.05) is 0 Å². The molecule has 0 radical (unpaired) electrons. The van der Waals surface area contributed by atoms with E-state index in [1.165, 1.54) is 0 Å². The van der Waals surface area contributed by atoms with Gasteiger partial charge in [0, 0.05) is 0 Å². The molecule has 0 heterocycles. The lowest BCUT2D eigenvalue weighted by molar-refractivity contribution is -0.336. The average Bonchev–Trinajstić information content (AvgIpc) is 1.68. The summed E-state index contributed by atoms with van der Waals surface area (Å²) in [5, 5.41) is 28.5. The van der Waals surface area contributed by atoms with Crippen LogP contribution in [0.15, 0.2) is 24.4 Å². The molecule has 0 unspecified atom stereocenters. The third-order valence-corrected chi connectivity index (χ3v) is 0.348. The Kier molecular flexibility index (Phi) is 2.59. The Morgan fingerprint density at radius 2 is 1.86 bits per heavy atom. The maximum absolute atomic E-state index is 9.76. The molecule has 0 N–H and O–H groups in total. The molecule has 3 heteroatoms. The molecule has 0 rings (SSSR count). The molecule has 0 saturated heterocycles. The highest BCUT2D eigenvalue weighted by molar-refractivity contribution is 5.01. The number of hydrogen-bond donors (Lipinski definition) is 0. The maximum Gasteiger partial charge on any atom is -0.0866 e. The highest BCUT2D eigenvalue weighted by atomic mass is 16.3. The van der Waals surface area contributed by atoms with Gasteiger partial charge >= 0.3 is 0 Å². The second-order valence-corrected chi connectivity index (χ2v) is 0.823. The van der Waals surface area contributed by atoms with Crippen LogP contribution in [0, 0.1) is 0 Å². The highest BCUT2D eigenvalue weighted by Gasteiger charge is 1.52. The molecule has 0 fully saturated rings. The zero-order valence-corrected chi connectivity index (χ0v) is 3.46. The minimum atomic E-state index is -0.796. The van der Waals surface area contributed by atoms with Crippen LogP contribution in [0.2, 0.25) is 0 Å². The second-order valence-electron chi connectivity index (χ2n) is 0.823. The Morgan fingerprint density at radius 3 is 2.00 bits per heavy atom. The number of rotatable bonds is 1. The largest absolute Gasteiger partial charge is 0.878 e. The maximum atomic E-state index is 9.76. The Labute approximate surface area is 40.8 Å².